The maximum Gasteiger partial charge on any atom is 0.216 e. The van der Waals surface area contributed by atoms with Crippen LogP contribution in [0.15, 0.2) is 29.3 Å². The summed E-state index contributed by atoms with van der Waals surface area (Å²) in [4.78, 5) is 2.42. The highest BCUT2D eigenvalue weighted by Crippen LogP contribution is 2.32. The lowest BCUT2D eigenvalue weighted by Gasteiger charge is -2.34. The van der Waals surface area contributed by atoms with Gasteiger partial charge >= 0.3 is 0 Å². The molecular formula is C17H21N7O2S. The van der Waals surface area contributed by atoms with Crippen molar-refractivity contribution >= 4 is 26.8 Å². The fraction of sp³-hybridized carbons (Fsp3) is 0.412. The molecule has 0 radical (unpaired) electrons. The standard InChI is InChI=1S/C17H21N7O2S/c1-12-4-3-7-24(11-12)15-8-14(5-6-16(15)27(2,25)26)19-10-13(9-18)17-20-22-23-21-17/h5-6,8,10,12,19H,3-4,7,11H2,1-2H3,(H,20,21,22,23). The Kier molecular flexibility index (Phi) is 5.41. The van der Waals surface area contributed by atoms with E-state index in [1.165, 1.54) is 12.5 Å². The molecule has 0 spiro atoms. The molecule has 2 N–H and O–H groups in total. The van der Waals surface area contributed by atoms with Crippen molar-refractivity contribution < 1.29 is 8.42 Å². The molecule has 0 aliphatic carbocycles. The van der Waals surface area contributed by atoms with Gasteiger partial charge < -0.3 is 10.2 Å². The third-order valence-electron chi connectivity index (χ3n) is 4.45. The Labute approximate surface area is 158 Å². The Morgan fingerprint density at radius 2 is 2.30 bits per heavy atom. The number of anilines is 2. The summed E-state index contributed by atoms with van der Waals surface area (Å²) in [7, 11) is -3.36. The van der Waals surface area contributed by atoms with Gasteiger partial charge in [-0.1, -0.05) is 6.92 Å². The van der Waals surface area contributed by atoms with E-state index < -0.39 is 9.84 Å². The Balaban J connectivity index is 1.93. The highest BCUT2D eigenvalue weighted by molar-refractivity contribution is 7.90. The summed E-state index contributed by atoms with van der Waals surface area (Å²) in [6.07, 6.45) is 4.86. The Hall–Kier alpha value is -2.93. The number of nitrogens with zero attached hydrogens (tertiary/aromatic N) is 5. The molecule has 1 unspecified atom stereocenters. The topological polar surface area (TPSA) is 128 Å². The van der Waals surface area contributed by atoms with E-state index in [9.17, 15) is 13.7 Å². The number of nitriles is 1. The van der Waals surface area contributed by atoms with Gasteiger partial charge in [0.15, 0.2) is 9.84 Å². The third-order valence-corrected chi connectivity index (χ3v) is 5.59. The summed E-state index contributed by atoms with van der Waals surface area (Å²) in [5.41, 5.74) is 1.57. The van der Waals surface area contributed by atoms with Crippen molar-refractivity contribution in [3.63, 3.8) is 0 Å². The van der Waals surface area contributed by atoms with Gasteiger partial charge in [-0.3, -0.25) is 0 Å². The second kappa shape index (κ2) is 7.75. The van der Waals surface area contributed by atoms with Crippen molar-refractivity contribution in [2.24, 2.45) is 5.92 Å². The minimum Gasteiger partial charge on any atom is -0.370 e. The molecule has 2 aromatic rings. The van der Waals surface area contributed by atoms with Gasteiger partial charge in [-0.15, -0.1) is 10.2 Å². The number of aromatic nitrogens is 4. The Morgan fingerprint density at radius 3 is 2.93 bits per heavy atom. The van der Waals surface area contributed by atoms with Crippen molar-refractivity contribution in [2.75, 3.05) is 29.6 Å². The molecule has 0 saturated carbocycles. The monoisotopic (exact) mass is 387 g/mol. The minimum absolute atomic E-state index is 0.183. The van der Waals surface area contributed by atoms with Gasteiger partial charge in [0.25, 0.3) is 0 Å². The second-order valence-corrected chi connectivity index (χ2v) is 8.68. The zero-order valence-corrected chi connectivity index (χ0v) is 16.0. The second-order valence-electron chi connectivity index (χ2n) is 6.70. The third kappa shape index (κ3) is 4.43. The molecular weight excluding hydrogens is 366 g/mol. The first-order valence-corrected chi connectivity index (χ1v) is 10.5. The highest BCUT2D eigenvalue weighted by atomic mass is 32.2. The number of hydrogen-bond acceptors (Lipinski definition) is 8. The highest BCUT2D eigenvalue weighted by Gasteiger charge is 2.23. The van der Waals surface area contributed by atoms with Crippen LogP contribution in [0.2, 0.25) is 0 Å². The van der Waals surface area contributed by atoms with Crippen LogP contribution in [0, 0.1) is 17.2 Å². The molecule has 1 atom stereocenters. The zero-order valence-electron chi connectivity index (χ0n) is 15.2. The number of aromatic amines is 1. The molecule has 27 heavy (non-hydrogen) atoms. The molecule has 9 nitrogen and oxygen atoms in total. The van der Waals surface area contributed by atoms with Crippen LogP contribution in [-0.4, -0.2) is 48.4 Å². The lowest BCUT2D eigenvalue weighted by molar-refractivity contribution is 0.445. The number of hydrogen-bond donors (Lipinski definition) is 2. The number of sulfone groups is 1. The summed E-state index contributed by atoms with van der Waals surface area (Å²) in [5.74, 6) is 0.689. The SMILES string of the molecule is CC1CCCN(c2cc(NC=C(C#N)c3nn[nH]n3)ccc2S(C)(=O)=O)C1. The molecule has 1 aromatic carbocycles. The molecule has 0 amide bonds. The van der Waals surface area contributed by atoms with Crippen LogP contribution in [0.1, 0.15) is 25.6 Å². The number of nitrogens with one attached hydrogen (secondary N) is 2. The zero-order chi connectivity index (χ0) is 19.4. The van der Waals surface area contributed by atoms with Crippen molar-refractivity contribution in [1.82, 2.24) is 20.6 Å². The quantitative estimate of drug-likeness (QED) is 0.744. The van der Waals surface area contributed by atoms with E-state index in [0.717, 1.165) is 25.9 Å². The number of benzene rings is 1. The molecule has 3 rings (SSSR count). The molecule has 2 heterocycles. The van der Waals surface area contributed by atoms with Crippen molar-refractivity contribution in [1.29, 1.82) is 5.26 Å². The molecule has 0 bridgehead atoms. The number of H-pyrrole nitrogens is 1. The van der Waals surface area contributed by atoms with E-state index in [0.29, 0.717) is 22.2 Å². The van der Waals surface area contributed by atoms with E-state index in [1.54, 1.807) is 18.2 Å². The van der Waals surface area contributed by atoms with E-state index in [-0.39, 0.29) is 11.4 Å². The fourth-order valence-corrected chi connectivity index (χ4v) is 4.04. The van der Waals surface area contributed by atoms with Crippen molar-refractivity contribution in [3.05, 3.63) is 30.2 Å². The molecule has 1 aliphatic heterocycles. The Bertz CT molecular complexity index is 977. The molecule has 1 aromatic heterocycles. The predicted molar refractivity (Wildman–Crippen MR) is 102 cm³/mol. The normalized spacial score (nSPS) is 18.2. The maximum absolute atomic E-state index is 12.2. The van der Waals surface area contributed by atoms with E-state index >= 15 is 0 Å². The van der Waals surface area contributed by atoms with Gasteiger partial charge in [0.1, 0.15) is 11.6 Å². The van der Waals surface area contributed by atoms with Gasteiger partial charge in [-0.05, 0) is 42.2 Å². The van der Waals surface area contributed by atoms with Crippen LogP contribution in [-0.2, 0) is 9.84 Å². The number of piperidine rings is 1. The minimum atomic E-state index is -3.36. The van der Waals surface area contributed by atoms with Gasteiger partial charge in [0.05, 0.1) is 10.6 Å². The molecule has 1 aliphatic rings. The number of rotatable bonds is 5. The van der Waals surface area contributed by atoms with Crippen LogP contribution in [0.5, 0.6) is 0 Å². The van der Waals surface area contributed by atoms with E-state index in [1.807, 2.05) is 6.07 Å². The lowest BCUT2D eigenvalue weighted by atomic mass is 10.00. The van der Waals surface area contributed by atoms with Crippen molar-refractivity contribution in [2.45, 2.75) is 24.7 Å². The fourth-order valence-electron chi connectivity index (χ4n) is 3.15. The Morgan fingerprint density at radius 1 is 1.48 bits per heavy atom. The largest absolute Gasteiger partial charge is 0.370 e. The van der Waals surface area contributed by atoms with E-state index in [2.05, 4.69) is 37.8 Å². The summed E-state index contributed by atoms with van der Waals surface area (Å²) in [6, 6.07) is 7.08. The molecule has 1 fully saturated rings. The van der Waals surface area contributed by atoms with Crippen LogP contribution in [0.25, 0.3) is 5.57 Å². The van der Waals surface area contributed by atoms with Crippen LogP contribution >= 0.6 is 0 Å². The van der Waals surface area contributed by atoms with Crippen LogP contribution in [0.4, 0.5) is 11.4 Å². The van der Waals surface area contributed by atoms with Crippen LogP contribution in [0.3, 0.4) is 0 Å². The smallest absolute Gasteiger partial charge is 0.216 e. The van der Waals surface area contributed by atoms with Gasteiger partial charge in [0.2, 0.25) is 5.82 Å². The summed E-state index contributed by atoms with van der Waals surface area (Å²) < 4.78 is 24.5. The number of allylic oxidation sites excluding steroid dienone is 1. The average Bonchev–Trinajstić information content (AvgIpc) is 3.16. The van der Waals surface area contributed by atoms with E-state index in [4.69, 9.17) is 0 Å². The first kappa shape index (κ1) is 18.8. The van der Waals surface area contributed by atoms with Gasteiger partial charge in [0, 0.05) is 31.2 Å². The van der Waals surface area contributed by atoms with Crippen molar-refractivity contribution in [3.8, 4) is 6.07 Å². The first-order chi connectivity index (χ1) is 12.9. The van der Waals surface area contributed by atoms with Crippen LogP contribution < -0.4 is 10.2 Å². The summed E-state index contributed by atoms with van der Waals surface area (Å²) in [6.45, 7) is 3.80. The summed E-state index contributed by atoms with van der Waals surface area (Å²) in [5, 5.41) is 25.6. The first-order valence-electron chi connectivity index (χ1n) is 8.58. The maximum atomic E-state index is 12.2. The number of tetrazole rings is 1. The molecule has 1 saturated heterocycles. The predicted octanol–water partition coefficient (Wildman–Crippen LogP) is 1.82. The summed E-state index contributed by atoms with van der Waals surface area (Å²) >= 11 is 0. The van der Waals surface area contributed by atoms with Gasteiger partial charge in [-0.25, -0.2) is 8.42 Å². The lowest BCUT2D eigenvalue weighted by Crippen LogP contribution is -2.35. The average molecular weight is 387 g/mol. The van der Waals surface area contributed by atoms with Gasteiger partial charge in [-0.2, -0.15) is 10.5 Å². The molecule has 142 valence electrons. The molecule has 10 heteroatoms.